The topological polar surface area (TPSA) is 46.5 Å². The van der Waals surface area contributed by atoms with E-state index in [9.17, 15) is 9.90 Å². The second kappa shape index (κ2) is 5.50. The van der Waals surface area contributed by atoms with Crippen LogP contribution in [0.15, 0.2) is 6.07 Å². The molecule has 3 rings (SSSR count). The SMILES string of the molecule is COc1c(C(C)C)cc2c(c1O)[C@]1(C)CCCC(C)(C)[C@H]1CC2=O. The Morgan fingerprint density at radius 3 is 2.50 bits per heavy atom. The smallest absolute Gasteiger partial charge is 0.164 e. The molecule has 2 aliphatic carbocycles. The molecule has 1 fully saturated rings. The monoisotopic (exact) mass is 330 g/mol. The van der Waals surface area contributed by atoms with Gasteiger partial charge in [-0.3, -0.25) is 4.79 Å². The van der Waals surface area contributed by atoms with Gasteiger partial charge in [0.15, 0.2) is 17.3 Å². The second-order valence-corrected chi connectivity index (χ2v) is 8.86. The molecule has 0 aliphatic heterocycles. The van der Waals surface area contributed by atoms with Crippen molar-refractivity contribution in [2.45, 2.75) is 71.6 Å². The average Bonchev–Trinajstić information content (AvgIpc) is 2.48. The third-order valence-electron chi connectivity index (χ3n) is 6.60. The summed E-state index contributed by atoms with van der Waals surface area (Å²) < 4.78 is 5.55. The number of fused-ring (bicyclic) bond motifs is 3. The lowest BCUT2D eigenvalue weighted by molar-refractivity contribution is 0.0354. The molecule has 24 heavy (non-hydrogen) atoms. The van der Waals surface area contributed by atoms with Gasteiger partial charge in [-0.1, -0.05) is 41.0 Å². The molecule has 1 aromatic carbocycles. The Hall–Kier alpha value is -1.51. The number of carbonyl (C=O) groups is 1. The molecule has 1 saturated carbocycles. The van der Waals surface area contributed by atoms with Gasteiger partial charge in [-0.2, -0.15) is 0 Å². The predicted molar refractivity (Wildman–Crippen MR) is 96.2 cm³/mol. The average molecular weight is 330 g/mol. The number of carbonyl (C=O) groups excluding carboxylic acids is 1. The van der Waals surface area contributed by atoms with Crippen LogP contribution < -0.4 is 4.74 Å². The fourth-order valence-electron chi connectivity index (χ4n) is 5.33. The van der Waals surface area contributed by atoms with Crippen LogP contribution in [-0.2, 0) is 5.41 Å². The van der Waals surface area contributed by atoms with Crippen molar-refractivity contribution >= 4 is 5.78 Å². The maximum atomic E-state index is 12.9. The molecule has 0 bridgehead atoms. The van der Waals surface area contributed by atoms with Crippen LogP contribution in [0.4, 0.5) is 0 Å². The van der Waals surface area contributed by atoms with E-state index in [0.29, 0.717) is 17.7 Å². The number of hydrogen-bond donors (Lipinski definition) is 1. The molecule has 0 spiro atoms. The van der Waals surface area contributed by atoms with Crippen LogP contribution >= 0.6 is 0 Å². The molecular formula is C21H30O3. The van der Waals surface area contributed by atoms with Gasteiger partial charge in [0.2, 0.25) is 0 Å². The van der Waals surface area contributed by atoms with Gasteiger partial charge >= 0.3 is 0 Å². The van der Waals surface area contributed by atoms with E-state index in [1.807, 2.05) is 6.07 Å². The summed E-state index contributed by atoms with van der Waals surface area (Å²) in [5.74, 6) is 1.36. The highest BCUT2D eigenvalue weighted by Gasteiger charge is 2.53. The quantitative estimate of drug-likeness (QED) is 0.811. The molecule has 0 radical (unpaired) electrons. The number of phenols is 1. The van der Waals surface area contributed by atoms with E-state index in [0.717, 1.165) is 30.4 Å². The number of phenolic OH excluding ortho intramolecular Hbond substituents is 1. The van der Waals surface area contributed by atoms with Crippen LogP contribution in [0.3, 0.4) is 0 Å². The summed E-state index contributed by atoms with van der Waals surface area (Å²) in [5, 5.41) is 11.1. The Kier molecular flexibility index (Phi) is 3.97. The summed E-state index contributed by atoms with van der Waals surface area (Å²) in [6, 6.07) is 1.98. The summed E-state index contributed by atoms with van der Waals surface area (Å²) >= 11 is 0. The van der Waals surface area contributed by atoms with Crippen LogP contribution in [0.1, 0.15) is 87.7 Å². The van der Waals surface area contributed by atoms with Crippen molar-refractivity contribution in [3.8, 4) is 11.5 Å². The van der Waals surface area contributed by atoms with Crippen LogP contribution in [0, 0.1) is 11.3 Å². The zero-order chi connectivity index (χ0) is 17.9. The Morgan fingerprint density at radius 2 is 1.92 bits per heavy atom. The summed E-state index contributed by atoms with van der Waals surface area (Å²) in [4.78, 5) is 12.9. The molecule has 0 unspecified atom stereocenters. The van der Waals surface area contributed by atoms with E-state index < -0.39 is 0 Å². The molecule has 3 nitrogen and oxygen atoms in total. The van der Waals surface area contributed by atoms with Gasteiger partial charge in [-0.15, -0.1) is 0 Å². The van der Waals surface area contributed by atoms with Crippen LogP contribution in [0.25, 0.3) is 0 Å². The molecule has 1 N–H and O–H groups in total. The Bertz CT molecular complexity index is 687. The lowest BCUT2D eigenvalue weighted by Crippen LogP contribution is -2.49. The van der Waals surface area contributed by atoms with Gasteiger partial charge in [-0.25, -0.2) is 0 Å². The number of benzene rings is 1. The summed E-state index contributed by atoms with van der Waals surface area (Å²) in [6.45, 7) is 10.9. The van der Waals surface area contributed by atoms with Crippen molar-refractivity contribution in [3.05, 3.63) is 22.8 Å². The molecular weight excluding hydrogens is 300 g/mol. The first-order chi connectivity index (χ1) is 11.1. The molecule has 0 amide bonds. The van der Waals surface area contributed by atoms with Crippen molar-refractivity contribution in [1.82, 2.24) is 0 Å². The van der Waals surface area contributed by atoms with Crippen LogP contribution in [0.2, 0.25) is 0 Å². The molecule has 0 heterocycles. The van der Waals surface area contributed by atoms with Crippen molar-refractivity contribution in [2.75, 3.05) is 7.11 Å². The summed E-state index contributed by atoms with van der Waals surface area (Å²) in [7, 11) is 1.60. The van der Waals surface area contributed by atoms with E-state index in [1.165, 1.54) is 0 Å². The predicted octanol–water partition coefficient (Wildman–Crippen LogP) is 5.19. The first kappa shape index (κ1) is 17.3. The van der Waals surface area contributed by atoms with Gasteiger partial charge in [0, 0.05) is 28.5 Å². The zero-order valence-corrected chi connectivity index (χ0v) is 15.8. The summed E-state index contributed by atoms with van der Waals surface area (Å²) in [5.41, 5.74) is 2.40. The first-order valence-electron chi connectivity index (χ1n) is 9.11. The summed E-state index contributed by atoms with van der Waals surface area (Å²) in [6.07, 6.45) is 3.86. The van der Waals surface area contributed by atoms with Gasteiger partial charge in [0.25, 0.3) is 0 Å². The zero-order valence-electron chi connectivity index (χ0n) is 15.8. The molecule has 2 atom stereocenters. The molecule has 132 valence electrons. The normalized spacial score (nSPS) is 28.5. The van der Waals surface area contributed by atoms with Crippen molar-refractivity contribution < 1.29 is 14.6 Å². The lowest BCUT2D eigenvalue weighted by atomic mass is 9.50. The number of ketones is 1. The van der Waals surface area contributed by atoms with Crippen LogP contribution in [0.5, 0.6) is 11.5 Å². The van der Waals surface area contributed by atoms with Crippen molar-refractivity contribution in [3.63, 3.8) is 0 Å². The minimum absolute atomic E-state index is 0.108. The molecule has 0 aromatic heterocycles. The maximum Gasteiger partial charge on any atom is 0.164 e. The highest BCUT2D eigenvalue weighted by molar-refractivity contribution is 6.01. The highest BCUT2D eigenvalue weighted by Crippen LogP contribution is 2.60. The lowest BCUT2D eigenvalue weighted by Gasteiger charge is -2.54. The van der Waals surface area contributed by atoms with Gasteiger partial charge in [0.1, 0.15) is 0 Å². The van der Waals surface area contributed by atoms with E-state index in [2.05, 4.69) is 34.6 Å². The standard InChI is InChI=1S/C21H30O3/c1-12(2)13-10-14-15(22)11-16-20(3,4)8-7-9-21(16,5)17(14)18(23)19(13)24-6/h10,12,16,23H,7-9,11H2,1-6H3/t16-,21-/m1/s1. The van der Waals surface area contributed by atoms with Gasteiger partial charge in [0.05, 0.1) is 7.11 Å². The molecule has 0 saturated heterocycles. The fourth-order valence-corrected chi connectivity index (χ4v) is 5.33. The van der Waals surface area contributed by atoms with E-state index in [4.69, 9.17) is 4.74 Å². The van der Waals surface area contributed by atoms with Crippen molar-refractivity contribution in [1.29, 1.82) is 0 Å². The Balaban J connectivity index is 2.30. The van der Waals surface area contributed by atoms with Crippen LogP contribution in [-0.4, -0.2) is 18.0 Å². The van der Waals surface area contributed by atoms with E-state index in [1.54, 1.807) is 7.11 Å². The first-order valence-corrected chi connectivity index (χ1v) is 9.11. The van der Waals surface area contributed by atoms with Gasteiger partial charge in [-0.05, 0) is 36.2 Å². The maximum absolute atomic E-state index is 12.9. The second-order valence-electron chi connectivity index (χ2n) is 8.86. The number of Topliss-reactive ketones (excluding diaryl/α,β-unsaturated/α-hetero) is 1. The largest absolute Gasteiger partial charge is 0.504 e. The molecule has 2 aliphatic rings. The molecule has 1 aromatic rings. The third-order valence-corrected chi connectivity index (χ3v) is 6.60. The number of aromatic hydroxyl groups is 1. The van der Waals surface area contributed by atoms with E-state index in [-0.39, 0.29) is 34.2 Å². The number of hydrogen-bond acceptors (Lipinski definition) is 3. The van der Waals surface area contributed by atoms with Gasteiger partial charge < -0.3 is 9.84 Å². The highest BCUT2D eigenvalue weighted by atomic mass is 16.5. The number of methoxy groups -OCH3 is 1. The van der Waals surface area contributed by atoms with E-state index >= 15 is 0 Å². The third kappa shape index (κ3) is 2.28. The number of rotatable bonds is 2. The Labute approximate surface area is 145 Å². The number of ether oxygens (including phenoxy) is 1. The fraction of sp³-hybridized carbons (Fsp3) is 0.667. The minimum atomic E-state index is -0.169. The minimum Gasteiger partial charge on any atom is -0.504 e. The Morgan fingerprint density at radius 1 is 1.25 bits per heavy atom. The molecule has 3 heteroatoms. The van der Waals surface area contributed by atoms with Crippen molar-refractivity contribution in [2.24, 2.45) is 11.3 Å².